The van der Waals surface area contributed by atoms with Crippen molar-refractivity contribution in [1.29, 1.82) is 0 Å². The normalized spacial score (nSPS) is 17.3. The van der Waals surface area contributed by atoms with Crippen LogP contribution >= 0.6 is 23.2 Å². The zero-order valence-corrected chi connectivity index (χ0v) is 11.1. The van der Waals surface area contributed by atoms with Gasteiger partial charge in [-0.25, -0.2) is 0 Å². The van der Waals surface area contributed by atoms with Crippen molar-refractivity contribution in [2.75, 3.05) is 26.8 Å². The van der Waals surface area contributed by atoms with Crippen molar-refractivity contribution in [2.24, 2.45) is 0 Å². The molecular formula is C10H16Cl2N2O3. The third kappa shape index (κ3) is 4.69. The molecule has 17 heavy (non-hydrogen) atoms. The first kappa shape index (κ1) is 14.5. The lowest BCUT2D eigenvalue weighted by molar-refractivity contribution is -0.136. The molecule has 1 fully saturated rings. The minimum absolute atomic E-state index is 0.0233. The molecule has 0 aromatic rings. The Morgan fingerprint density at radius 3 is 2.47 bits per heavy atom. The number of rotatable bonds is 4. The molecule has 5 nitrogen and oxygen atoms in total. The number of halogens is 2. The van der Waals surface area contributed by atoms with Gasteiger partial charge < -0.3 is 15.0 Å². The summed E-state index contributed by atoms with van der Waals surface area (Å²) in [7, 11) is 1.49. The van der Waals surface area contributed by atoms with Crippen LogP contribution in [0.5, 0.6) is 0 Å². The summed E-state index contributed by atoms with van der Waals surface area (Å²) in [6.07, 6.45) is 1.42. The quantitative estimate of drug-likeness (QED) is 0.766. The highest BCUT2D eigenvalue weighted by molar-refractivity contribution is 6.53. The Morgan fingerprint density at radius 1 is 1.41 bits per heavy atom. The van der Waals surface area contributed by atoms with Crippen LogP contribution in [0, 0.1) is 0 Å². The molecule has 0 unspecified atom stereocenters. The highest BCUT2D eigenvalue weighted by Gasteiger charge is 2.24. The number of amides is 2. The van der Waals surface area contributed by atoms with Gasteiger partial charge in [0.05, 0.1) is 0 Å². The van der Waals surface area contributed by atoms with E-state index in [0.717, 1.165) is 0 Å². The predicted octanol–water partition coefficient (Wildman–Crippen LogP) is 0.544. The van der Waals surface area contributed by atoms with Crippen molar-refractivity contribution in [3.05, 3.63) is 0 Å². The molecule has 0 bridgehead atoms. The second-order valence-electron chi connectivity index (χ2n) is 3.90. The summed E-state index contributed by atoms with van der Waals surface area (Å²) in [6, 6.07) is 0.0362. The smallest absolute Gasteiger partial charge is 0.253 e. The summed E-state index contributed by atoms with van der Waals surface area (Å²) in [6.45, 7) is 1.33. The fourth-order valence-electron chi connectivity index (χ4n) is 1.75. The summed E-state index contributed by atoms with van der Waals surface area (Å²) >= 11 is 10.9. The molecule has 1 aliphatic rings. The lowest BCUT2D eigenvalue weighted by atomic mass is 10.1. The minimum atomic E-state index is -1.04. The fraction of sp³-hybridized carbons (Fsp3) is 0.800. The van der Waals surface area contributed by atoms with Crippen molar-refractivity contribution in [3.8, 4) is 0 Å². The van der Waals surface area contributed by atoms with E-state index >= 15 is 0 Å². The standard InChI is InChI=1S/C10H16Cl2N2O3/c1-17-6-8(15)14-4-2-7(3-5-14)13-10(16)9(11)12/h7,9H,2-6H2,1H3,(H,13,16). The molecule has 0 atom stereocenters. The van der Waals surface area contributed by atoms with Crippen LogP contribution in [-0.4, -0.2) is 54.4 Å². The van der Waals surface area contributed by atoms with Gasteiger partial charge in [-0.2, -0.15) is 0 Å². The summed E-state index contributed by atoms with van der Waals surface area (Å²) in [5, 5.41) is 2.74. The summed E-state index contributed by atoms with van der Waals surface area (Å²) in [5.74, 6) is -0.403. The summed E-state index contributed by atoms with van der Waals surface area (Å²) in [4.78, 5) is 23.4. The molecule has 1 saturated heterocycles. The van der Waals surface area contributed by atoms with E-state index in [1.54, 1.807) is 4.90 Å². The number of methoxy groups -OCH3 is 1. The largest absolute Gasteiger partial charge is 0.375 e. The molecule has 2 amide bonds. The molecule has 0 aliphatic carbocycles. The van der Waals surface area contributed by atoms with E-state index in [2.05, 4.69) is 5.32 Å². The second kappa shape index (κ2) is 7.03. The Morgan fingerprint density at radius 2 is 2.00 bits per heavy atom. The molecule has 0 spiro atoms. The molecule has 1 aliphatic heterocycles. The van der Waals surface area contributed by atoms with Crippen LogP contribution in [0.25, 0.3) is 0 Å². The first-order valence-electron chi connectivity index (χ1n) is 5.40. The maximum atomic E-state index is 11.5. The van der Waals surface area contributed by atoms with Crippen molar-refractivity contribution in [1.82, 2.24) is 10.2 Å². The van der Waals surface area contributed by atoms with Crippen LogP contribution < -0.4 is 5.32 Å². The molecule has 0 saturated carbocycles. The van der Waals surface area contributed by atoms with E-state index in [1.165, 1.54) is 7.11 Å². The second-order valence-corrected chi connectivity index (χ2v) is 4.99. The molecule has 0 aromatic carbocycles. The van der Waals surface area contributed by atoms with Crippen LogP contribution in [0.1, 0.15) is 12.8 Å². The number of carbonyl (C=O) groups excluding carboxylic acids is 2. The van der Waals surface area contributed by atoms with Crippen LogP contribution in [0.3, 0.4) is 0 Å². The highest BCUT2D eigenvalue weighted by Crippen LogP contribution is 2.12. The maximum absolute atomic E-state index is 11.5. The van der Waals surface area contributed by atoms with Gasteiger partial charge in [0.15, 0.2) is 4.84 Å². The summed E-state index contributed by atoms with van der Waals surface area (Å²) in [5.41, 5.74) is 0. The lowest BCUT2D eigenvalue weighted by Crippen LogP contribution is -2.48. The van der Waals surface area contributed by atoms with E-state index in [4.69, 9.17) is 27.9 Å². The number of hydrogen-bond acceptors (Lipinski definition) is 3. The third-order valence-corrected chi connectivity index (χ3v) is 3.06. The number of carbonyl (C=O) groups is 2. The van der Waals surface area contributed by atoms with E-state index in [-0.39, 0.29) is 24.5 Å². The Labute approximate surface area is 110 Å². The topological polar surface area (TPSA) is 58.6 Å². The van der Waals surface area contributed by atoms with Crippen molar-refractivity contribution >= 4 is 35.0 Å². The number of likely N-dealkylation sites (tertiary alicyclic amines) is 1. The van der Waals surface area contributed by atoms with Crippen molar-refractivity contribution < 1.29 is 14.3 Å². The molecule has 98 valence electrons. The number of nitrogens with zero attached hydrogens (tertiary/aromatic N) is 1. The van der Waals surface area contributed by atoms with Crippen LogP contribution in [-0.2, 0) is 14.3 Å². The van der Waals surface area contributed by atoms with Gasteiger partial charge in [0.2, 0.25) is 5.91 Å². The van der Waals surface area contributed by atoms with Gasteiger partial charge in [0.25, 0.3) is 5.91 Å². The lowest BCUT2D eigenvalue weighted by Gasteiger charge is -2.32. The third-order valence-electron chi connectivity index (χ3n) is 2.66. The van der Waals surface area contributed by atoms with E-state index in [1.807, 2.05) is 0 Å². The van der Waals surface area contributed by atoms with Gasteiger partial charge in [0, 0.05) is 26.2 Å². The van der Waals surface area contributed by atoms with Gasteiger partial charge in [-0.05, 0) is 12.8 Å². The average molecular weight is 283 g/mol. The SMILES string of the molecule is COCC(=O)N1CCC(NC(=O)C(Cl)Cl)CC1. The van der Waals surface area contributed by atoms with E-state index < -0.39 is 4.84 Å². The molecular weight excluding hydrogens is 267 g/mol. The molecule has 1 N–H and O–H groups in total. The van der Waals surface area contributed by atoms with Gasteiger partial charge in [-0.15, -0.1) is 0 Å². The first-order chi connectivity index (χ1) is 8.04. The average Bonchev–Trinajstić information content (AvgIpc) is 2.30. The molecule has 0 radical (unpaired) electrons. The minimum Gasteiger partial charge on any atom is -0.375 e. The summed E-state index contributed by atoms with van der Waals surface area (Å²) < 4.78 is 4.78. The molecule has 1 rings (SSSR count). The number of nitrogens with one attached hydrogen (secondary N) is 1. The maximum Gasteiger partial charge on any atom is 0.253 e. The monoisotopic (exact) mass is 282 g/mol. The number of piperidine rings is 1. The Kier molecular flexibility index (Phi) is 6.02. The Hall–Kier alpha value is -0.520. The molecule has 0 aromatic heterocycles. The van der Waals surface area contributed by atoms with E-state index in [0.29, 0.717) is 25.9 Å². The van der Waals surface area contributed by atoms with Gasteiger partial charge >= 0.3 is 0 Å². The van der Waals surface area contributed by atoms with Gasteiger partial charge in [-0.1, -0.05) is 23.2 Å². The highest BCUT2D eigenvalue weighted by atomic mass is 35.5. The zero-order valence-electron chi connectivity index (χ0n) is 9.62. The molecule has 1 heterocycles. The van der Waals surface area contributed by atoms with Crippen molar-refractivity contribution in [3.63, 3.8) is 0 Å². The van der Waals surface area contributed by atoms with Crippen LogP contribution in [0.4, 0.5) is 0 Å². The van der Waals surface area contributed by atoms with Gasteiger partial charge in [0.1, 0.15) is 6.61 Å². The zero-order chi connectivity index (χ0) is 12.8. The Bertz CT molecular complexity index is 279. The van der Waals surface area contributed by atoms with Crippen LogP contribution in [0.15, 0.2) is 0 Å². The molecule has 7 heteroatoms. The number of alkyl halides is 2. The predicted molar refractivity (Wildman–Crippen MR) is 65.1 cm³/mol. The van der Waals surface area contributed by atoms with Crippen LogP contribution in [0.2, 0.25) is 0 Å². The fourth-order valence-corrected chi connectivity index (χ4v) is 1.88. The first-order valence-corrected chi connectivity index (χ1v) is 6.27. The Balaban J connectivity index is 2.31. The van der Waals surface area contributed by atoms with Crippen molar-refractivity contribution in [2.45, 2.75) is 23.7 Å². The number of ether oxygens (including phenoxy) is 1. The van der Waals surface area contributed by atoms with E-state index in [9.17, 15) is 9.59 Å². The number of hydrogen-bond donors (Lipinski definition) is 1. The van der Waals surface area contributed by atoms with Gasteiger partial charge in [-0.3, -0.25) is 9.59 Å².